The van der Waals surface area contributed by atoms with Crippen LogP contribution in [-0.4, -0.2) is 61.2 Å². The zero-order chi connectivity index (χ0) is 19.7. The highest BCUT2D eigenvalue weighted by Gasteiger charge is 2.21. The zero-order valence-corrected chi connectivity index (χ0v) is 16.6. The van der Waals surface area contributed by atoms with Gasteiger partial charge in [0.15, 0.2) is 0 Å². The minimum Gasteiger partial charge on any atom is -0.492 e. The van der Waals surface area contributed by atoms with Crippen molar-refractivity contribution in [2.45, 2.75) is 33.3 Å². The van der Waals surface area contributed by atoms with Crippen molar-refractivity contribution in [2.75, 3.05) is 33.8 Å². The summed E-state index contributed by atoms with van der Waals surface area (Å²) in [6.45, 7) is 8.41. The number of likely N-dealkylation sites (N-methyl/N-ethyl adjacent to an activating group) is 1. The maximum absolute atomic E-state index is 12.4. The lowest BCUT2D eigenvalue weighted by molar-refractivity contribution is -0.123. The van der Waals surface area contributed by atoms with E-state index in [4.69, 9.17) is 9.47 Å². The molecule has 26 heavy (non-hydrogen) atoms. The van der Waals surface area contributed by atoms with Crippen LogP contribution in [0.2, 0.25) is 0 Å². The first-order valence-corrected chi connectivity index (χ1v) is 8.64. The van der Waals surface area contributed by atoms with E-state index in [1.807, 2.05) is 52.0 Å². The van der Waals surface area contributed by atoms with Crippen molar-refractivity contribution in [3.63, 3.8) is 0 Å². The van der Waals surface area contributed by atoms with Gasteiger partial charge in [0.1, 0.15) is 18.0 Å². The van der Waals surface area contributed by atoms with E-state index in [-0.39, 0.29) is 12.5 Å². The van der Waals surface area contributed by atoms with Crippen LogP contribution in [-0.2, 0) is 9.53 Å². The van der Waals surface area contributed by atoms with E-state index >= 15 is 0 Å². The summed E-state index contributed by atoms with van der Waals surface area (Å²) >= 11 is 0. The lowest BCUT2D eigenvalue weighted by atomic mass is 10.2. The van der Waals surface area contributed by atoms with Crippen molar-refractivity contribution in [1.82, 2.24) is 9.80 Å². The monoisotopic (exact) mass is 362 g/mol. The van der Waals surface area contributed by atoms with E-state index in [2.05, 4.69) is 0 Å². The molecule has 6 heteroatoms. The molecule has 2 amide bonds. The van der Waals surface area contributed by atoms with Crippen molar-refractivity contribution < 1.29 is 19.1 Å². The molecular formula is C20H30N2O4. The third kappa shape index (κ3) is 8.55. The van der Waals surface area contributed by atoms with Crippen LogP contribution >= 0.6 is 0 Å². The van der Waals surface area contributed by atoms with Gasteiger partial charge in [0.2, 0.25) is 5.91 Å². The maximum Gasteiger partial charge on any atom is 0.410 e. The molecule has 0 fully saturated rings. The van der Waals surface area contributed by atoms with Gasteiger partial charge in [-0.05, 0) is 39.8 Å². The SMILES string of the molecule is Cc1ccc(OCCN(C/C=C/C(=O)N(C)C)C(=O)OC(C)(C)C)cc1. The molecule has 0 aliphatic heterocycles. The van der Waals surface area contributed by atoms with Gasteiger partial charge in [0.25, 0.3) is 0 Å². The van der Waals surface area contributed by atoms with Crippen molar-refractivity contribution in [3.05, 3.63) is 42.0 Å². The summed E-state index contributed by atoms with van der Waals surface area (Å²) in [5, 5.41) is 0. The van der Waals surface area contributed by atoms with Gasteiger partial charge in [-0.3, -0.25) is 4.79 Å². The Morgan fingerprint density at radius 1 is 1.12 bits per heavy atom. The van der Waals surface area contributed by atoms with E-state index in [1.165, 1.54) is 15.9 Å². The smallest absolute Gasteiger partial charge is 0.410 e. The molecule has 0 radical (unpaired) electrons. The van der Waals surface area contributed by atoms with Crippen LogP contribution in [0.3, 0.4) is 0 Å². The predicted octanol–water partition coefficient (Wildman–Crippen LogP) is 3.26. The van der Waals surface area contributed by atoms with Crippen LogP contribution in [0.15, 0.2) is 36.4 Å². The Balaban J connectivity index is 2.65. The van der Waals surface area contributed by atoms with Gasteiger partial charge < -0.3 is 19.3 Å². The maximum atomic E-state index is 12.4. The number of nitrogens with zero attached hydrogens (tertiary/aromatic N) is 2. The normalized spacial score (nSPS) is 11.3. The first-order valence-electron chi connectivity index (χ1n) is 8.64. The predicted molar refractivity (Wildman–Crippen MR) is 102 cm³/mol. The molecule has 1 rings (SSSR count). The first-order chi connectivity index (χ1) is 12.1. The molecule has 0 aromatic heterocycles. The molecule has 6 nitrogen and oxygen atoms in total. The second-order valence-corrected chi connectivity index (χ2v) is 7.22. The van der Waals surface area contributed by atoms with Crippen LogP contribution in [0.5, 0.6) is 5.75 Å². The van der Waals surface area contributed by atoms with Crippen LogP contribution in [0, 0.1) is 6.92 Å². The fraction of sp³-hybridized carbons (Fsp3) is 0.500. The van der Waals surface area contributed by atoms with Crippen molar-refractivity contribution in [2.24, 2.45) is 0 Å². The topological polar surface area (TPSA) is 59.1 Å². The van der Waals surface area contributed by atoms with E-state index in [9.17, 15) is 9.59 Å². The molecule has 0 aliphatic rings. The fourth-order valence-electron chi connectivity index (χ4n) is 1.92. The van der Waals surface area contributed by atoms with Gasteiger partial charge in [-0.25, -0.2) is 4.79 Å². The summed E-state index contributed by atoms with van der Waals surface area (Å²) in [5.74, 6) is 0.614. The van der Waals surface area contributed by atoms with Gasteiger partial charge >= 0.3 is 6.09 Å². The molecule has 0 aliphatic carbocycles. The molecule has 0 spiro atoms. The summed E-state index contributed by atoms with van der Waals surface area (Å²) < 4.78 is 11.1. The Kier molecular flexibility index (Phi) is 8.16. The number of rotatable bonds is 7. The number of benzene rings is 1. The van der Waals surface area contributed by atoms with Crippen LogP contribution < -0.4 is 4.74 Å². The molecule has 0 saturated heterocycles. The molecule has 0 saturated carbocycles. The molecular weight excluding hydrogens is 332 g/mol. The summed E-state index contributed by atoms with van der Waals surface area (Å²) in [6.07, 6.45) is 2.66. The van der Waals surface area contributed by atoms with Gasteiger partial charge in [-0.1, -0.05) is 23.8 Å². The van der Waals surface area contributed by atoms with Crippen molar-refractivity contribution in [1.29, 1.82) is 0 Å². The Morgan fingerprint density at radius 3 is 2.27 bits per heavy atom. The van der Waals surface area contributed by atoms with Gasteiger partial charge in [-0.15, -0.1) is 0 Å². The number of amides is 2. The molecule has 144 valence electrons. The Labute approximate surface area is 156 Å². The minimum absolute atomic E-state index is 0.134. The largest absolute Gasteiger partial charge is 0.492 e. The Hall–Kier alpha value is -2.50. The summed E-state index contributed by atoms with van der Waals surface area (Å²) in [4.78, 5) is 27.0. The van der Waals surface area contributed by atoms with E-state index in [0.29, 0.717) is 13.2 Å². The fourth-order valence-corrected chi connectivity index (χ4v) is 1.92. The Bertz CT molecular complexity index is 616. The van der Waals surface area contributed by atoms with E-state index in [0.717, 1.165) is 11.3 Å². The third-order valence-corrected chi connectivity index (χ3v) is 3.33. The molecule has 0 atom stereocenters. The average Bonchev–Trinajstić information content (AvgIpc) is 2.53. The highest BCUT2D eigenvalue weighted by Crippen LogP contribution is 2.12. The number of hydrogen-bond acceptors (Lipinski definition) is 4. The molecule has 1 aromatic carbocycles. The van der Waals surface area contributed by atoms with Crippen molar-refractivity contribution >= 4 is 12.0 Å². The summed E-state index contributed by atoms with van der Waals surface area (Å²) in [6, 6.07) is 7.72. The zero-order valence-electron chi connectivity index (χ0n) is 16.6. The van der Waals surface area contributed by atoms with Crippen LogP contribution in [0.1, 0.15) is 26.3 Å². The number of aryl methyl sites for hydroxylation is 1. The van der Waals surface area contributed by atoms with Crippen LogP contribution in [0.4, 0.5) is 4.79 Å². The lowest BCUT2D eigenvalue weighted by Gasteiger charge is -2.26. The second-order valence-electron chi connectivity index (χ2n) is 7.22. The standard InChI is InChI=1S/C20H30N2O4/c1-16-9-11-17(12-10-16)25-15-14-22(19(24)26-20(2,3)4)13-7-8-18(23)21(5)6/h7-12H,13-15H2,1-6H3/b8-7+. The van der Waals surface area contributed by atoms with Gasteiger partial charge in [0, 0.05) is 26.7 Å². The summed E-state index contributed by atoms with van der Waals surface area (Å²) in [5.41, 5.74) is 0.569. The molecule has 0 N–H and O–H groups in total. The minimum atomic E-state index is -0.587. The van der Waals surface area contributed by atoms with Crippen molar-refractivity contribution in [3.8, 4) is 5.75 Å². The van der Waals surface area contributed by atoms with E-state index < -0.39 is 11.7 Å². The number of carbonyl (C=O) groups excluding carboxylic acids is 2. The highest BCUT2D eigenvalue weighted by atomic mass is 16.6. The number of hydrogen-bond donors (Lipinski definition) is 0. The summed E-state index contributed by atoms with van der Waals surface area (Å²) in [7, 11) is 3.35. The van der Waals surface area contributed by atoms with Gasteiger partial charge in [0.05, 0.1) is 6.54 Å². The first kappa shape index (κ1) is 21.5. The third-order valence-electron chi connectivity index (χ3n) is 3.33. The lowest BCUT2D eigenvalue weighted by Crippen LogP contribution is -2.39. The van der Waals surface area contributed by atoms with E-state index in [1.54, 1.807) is 20.2 Å². The molecule has 0 bridgehead atoms. The molecule has 1 aromatic rings. The number of carbonyl (C=O) groups is 2. The van der Waals surface area contributed by atoms with Gasteiger partial charge in [-0.2, -0.15) is 0 Å². The molecule has 0 unspecified atom stereocenters. The highest BCUT2D eigenvalue weighted by molar-refractivity contribution is 5.87. The second kappa shape index (κ2) is 9.85. The Morgan fingerprint density at radius 2 is 1.73 bits per heavy atom. The number of ether oxygens (including phenoxy) is 2. The van der Waals surface area contributed by atoms with Crippen LogP contribution in [0.25, 0.3) is 0 Å². The quantitative estimate of drug-likeness (QED) is 0.699. The molecule has 0 heterocycles. The average molecular weight is 362 g/mol.